The van der Waals surface area contributed by atoms with E-state index in [2.05, 4.69) is 26.2 Å². The van der Waals surface area contributed by atoms with E-state index in [-0.39, 0.29) is 12.1 Å². The van der Waals surface area contributed by atoms with E-state index in [1.807, 2.05) is 54.7 Å². The zero-order valence-corrected chi connectivity index (χ0v) is 20.4. The first-order valence-electron chi connectivity index (χ1n) is 11.0. The van der Waals surface area contributed by atoms with Crippen molar-refractivity contribution in [2.45, 2.75) is 22.1 Å². The maximum absolute atomic E-state index is 6.35. The Morgan fingerprint density at radius 2 is 1.88 bits per heavy atom. The molecule has 172 valence electrons. The van der Waals surface area contributed by atoms with Gasteiger partial charge in [0.1, 0.15) is 11.8 Å². The number of ether oxygens (including phenoxy) is 1. The number of morpholine rings is 1. The maximum atomic E-state index is 6.35. The van der Waals surface area contributed by atoms with Gasteiger partial charge in [0.25, 0.3) is 0 Å². The van der Waals surface area contributed by atoms with E-state index in [4.69, 9.17) is 33.0 Å². The monoisotopic (exact) mass is 500 g/mol. The number of hydrogen-bond acceptors (Lipinski definition) is 6. The first-order valence-corrected chi connectivity index (χ1v) is 12.6. The predicted molar refractivity (Wildman–Crippen MR) is 134 cm³/mol. The van der Waals surface area contributed by atoms with E-state index in [0.29, 0.717) is 0 Å². The molecular weight excluding hydrogens is 476 g/mol. The summed E-state index contributed by atoms with van der Waals surface area (Å²) in [6, 6.07) is 17.6. The Balaban J connectivity index is 1.38. The molecule has 6 nitrogen and oxygen atoms in total. The number of benzene rings is 1. The number of rotatable bonds is 7. The van der Waals surface area contributed by atoms with E-state index in [1.54, 1.807) is 11.8 Å². The van der Waals surface area contributed by atoms with Crippen molar-refractivity contribution in [2.24, 2.45) is 0 Å². The molecule has 2 fully saturated rings. The smallest absolute Gasteiger partial charge is 0.170 e. The quantitative estimate of drug-likeness (QED) is 0.465. The summed E-state index contributed by atoms with van der Waals surface area (Å²) in [5.41, 5.74) is 0.946. The van der Waals surface area contributed by atoms with Crippen molar-refractivity contribution in [3.63, 3.8) is 0 Å². The van der Waals surface area contributed by atoms with Crippen LogP contribution in [0.1, 0.15) is 23.5 Å². The number of nitrogens with zero attached hydrogens (tertiary/aromatic N) is 3. The minimum Gasteiger partial charge on any atom is -0.452 e. The van der Waals surface area contributed by atoms with Crippen LogP contribution in [0, 0.1) is 0 Å². The fraction of sp³-hybridized carbons (Fsp3) is 0.333. The molecule has 33 heavy (non-hydrogen) atoms. The second-order valence-corrected chi connectivity index (χ2v) is 9.89. The first kappa shape index (κ1) is 22.7. The van der Waals surface area contributed by atoms with E-state index < -0.39 is 0 Å². The highest BCUT2D eigenvalue weighted by Crippen LogP contribution is 2.41. The van der Waals surface area contributed by atoms with Crippen LogP contribution in [0.4, 0.5) is 0 Å². The number of halogens is 1. The zero-order chi connectivity index (χ0) is 22.6. The van der Waals surface area contributed by atoms with Crippen LogP contribution in [0.5, 0.6) is 0 Å². The number of hydrogen-bond donors (Lipinski definition) is 1. The van der Waals surface area contributed by atoms with Crippen molar-refractivity contribution in [1.82, 2.24) is 20.1 Å². The Kier molecular flexibility index (Phi) is 7.18. The van der Waals surface area contributed by atoms with Crippen LogP contribution < -0.4 is 5.32 Å². The molecule has 1 N–H and O–H groups in total. The van der Waals surface area contributed by atoms with Crippen LogP contribution >= 0.6 is 35.6 Å². The predicted octanol–water partition coefficient (Wildman–Crippen LogP) is 4.78. The van der Waals surface area contributed by atoms with Crippen LogP contribution in [0.2, 0.25) is 5.02 Å². The second kappa shape index (κ2) is 10.4. The van der Waals surface area contributed by atoms with Gasteiger partial charge in [-0.15, -0.1) is 0 Å². The van der Waals surface area contributed by atoms with Gasteiger partial charge in [-0.25, -0.2) is 0 Å². The summed E-state index contributed by atoms with van der Waals surface area (Å²) in [5.74, 6) is 0.872. The van der Waals surface area contributed by atoms with Gasteiger partial charge in [0.2, 0.25) is 0 Å². The van der Waals surface area contributed by atoms with E-state index in [0.717, 1.165) is 71.0 Å². The molecule has 9 heteroatoms. The van der Waals surface area contributed by atoms with Crippen molar-refractivity contribution in [1.29, 1.82) is 0 Å². The Labute approximate surface area is 208 Å². The number of aromatic nitrogens is 1. The van der Waals surface area contributed by atoms with Crippen molar-refractivity contribution < 1.29 is 9.15 Å². The minimum absolute atomic E-state index is 0.0759. The molecule has 0 radical (unpaired) electrons. The van der Waals surface area contributed by atoms with Crippen molar-refractivity contribution in [2.75, 3.05) is 39.4 Å². The van der Waals surface area contributed by atoms with Gasteiger partial charge in [0.05, 0.1) is 24.9 Å². The van der Waals surface area contributed by atoms with Crippen LogP contribution in [-0.4, -0.2) is 59.3 Å². The van der Waals surface area contributed by atoms with Crippen molar-refractivity contribution in [3.8, 4) is 0 Å². The molecule has 2 aromatic heterocycles. The van der Waals surface area contributed by atoms with E-state index in [1.165, 1.54) is 0 Å². The summed E-state index contributed by atoms with van der Waals surface area (Å²) >= 11 is 13.4. The number of furan rings is 1. The second-order valence-electron chi connectivity index (χ2n) is 7.99. The van der Waals surface area contributed by atoms with Crippen LogP contribution in [0.15, 0.2) is 75.2 Å². The molecule has 2 aliphatic rings. The third-order valence-corrected chi connectivity index (χ3v) is 7.42. The summed E-state index contributed by atoms with van der Waals surface area (Å²) in [6.07, 6.45) is 1.82. The highest BCUT2D eigenvalue weighted by Gasteiger charge is 2.41. The Morgan fingerprint density at radius 1 is 1.06 bits per heavy atom. The van der Waals surface area contributed by atoms with Gasteiger partial charge >= 0.3 is 0 Å². The van der Waals surface area contributed by atoms with Crippen molar-refractivity contribution in [3.05, 3.63) is 77.3 Å². The molecule has 0 aliphatic carbocycles. The standard InChI is InChI=1S/C24H25ClN4O2S2/c25-17-4-6-18(7-5-17)33-21-9-8-20(31-21)23-22(19-3-1-2-10-26-19)27-24(32)29(23)12-11-28-13-15-30-16-14-28/h1-10,22-23H,11-16H2,(H,27,32). The molecule has 2 saturated heterocycles. The summed E-state index contributed by atoms with van der Waals surface area (Å²) in [4.78, 5) is 10.3. The molecule has 2 unspecified atom stereocenters. The van der Waals surface area contributed by atoms with Gasteiger partial charge in [0, 0.05) is 42.3 Å². The lowest BCUT2D eigenvalue weighted by molar-refractivity contribution is 0.0347. The van der Waals surface area contributed by atoms with Crippen molar-refractivity contribution >= 4 is 40.7 Å². The Bertz CT molecular complexity index is 1070. The molecule has 0 bridgehead atoms. The summed E-state index contributed by atoms with van der Waals surface area (Å²) in [7, 11) is 0. The third kappa shape index (κ3) is 5.36. The summed E-state index contributed by atoms with van der Waals surface area (Å²) in [5, 5.41) is 5.77. The molecule has 2 aliphatic heterocycles. The lowest BCUT2D eigenvalue weighted by Crippen LogP contribution is -2.42. The average Bonchev–Trinajstić information content (AvgIpc) is 3.44. The van der Waals surface area contributed by atoms with Gasteiger partial charge in [0.15, 0.2) is 10.2 Å². The lowest BCUT2D eigenvalue weighted by atomic mass is 10.0. The number of nitrogens with one attached hydrogen (secondary N) is 1. The van der Waals surface area contributed by atoms with Gasteiger partial charge in [-0.1, -0.05) is 29.4 Å². The fourth-order valence-electron chi connectivity index (χ4n) is 4.20. The van der Waals surface area contributed by atoms with Gasteiger partial charge < -0.3 is 19.4 Å². The van der Waals surface area contributed by atoms with E-state index >= 15 is 0 Å². The molecule has 3 aromatic rings. The highest BCUT2D eigenvalue weighted by atomic mass is 35.5. The molecule has 1 aromatic carbocycles. The Morgan fingerprint density at radius 3 is 2.64 bits per heavy atom. The van der Waals surface area contributed by atoms with Crippen LogP contribution in [0.3, 0.4) is 0 Å². The summed E-state index contributed by atoms with van der Waals surface area (Å²) in [6.45, 7) is 5.19. The normalized spacial score (nSPS) is 21.4. The SMILES string of the molecule is S=C1NC(c2ccccn2)C(c2ccc(Sc3ccc(Cl)cc3)o2)N1CCN1CCOCC1. The van der Waals surface area contributed by atoms with Gasteiger partial charge in [-0.05, 0) is 60.7 Å². The molecule has 0 amide bonds. The minimum atomic E-state index is -0.0806. The maximum Gasteiger partial charge on any atom is 0.170 e. The highest BCUT2D eigenvalue weighted by molar-refractivity contribution is 7.99. The fourth-order valence-corrected chi connectivity index (χ4v) is 5.43. The number of pyridine rings is 1. The van der Waals surface area contributed by atoms with E-state index in [9.17, 15) is 0 Å². The topological polar surface area (TPSA) is 53.8 Å². The molecule has 0 spiro atoms. The average molecular weight is 501 g/mol. The lowest BCUT2D eigenvalue weighted by Gasteiger charge is -2.31. The summed E-state index contributed by atoms with van der Waals surface area (Å²) < 4.78 is 11.8. The third-order valence-electron chi connectivity index (χ3n) is 5.88. The largest absolute Gasteiger partial charge is 0.452 e. The zero-order valence-electron chi connectivity index (χ0n) is 18.0. The van der Waals surface area contributed by atoms with Gasteiger partial charge in [-0.3, -0.25) is 9.88 Å². The number of thiocarbonyl (C=S) groups is 1. The Hall–Kier alpha value is -2.10. The molecular formula is C24H25ClN4O2S2. The molecule has 4 heterocycles. The first-order chi connectivity index (χ1) is 16.2. The molecule has 5 rings (SSSR count). The molecule has 2 atom stereocenters. The van der Waals surface area contributed by atoms with Crippen LogP contribution in [-0.2, 0) is 4.74 Å². The van der Waals surface area contributed by atoms with Gasteiger partial charge in [-0.2, -0.15) is 0 Å². The molecule has 0 saturated carbocycles. The van der Waals surface area contributed by atoms with Crippen LogP contribution in [0.25, 0.3) is 0 Å².